The van der Waals surface area contributed by atoms with E-state index in [9.17, 15) is 17.2 Å². The lowest BCUT2D eigenvalue weighted by atomic mass is 10.3. The van der Waals surface area contributed by atoms with E-state index in [-0.39, 0.29) is 5.75 Å². The highest BCUT2D eigenvalue weighted by molar-refractivity contribution is 7.91. The van der Waals surface area contributed by atoms with Gasteiger partial charge in [-0.1, -0.05) is 6.42 Å². The summed E-state index contributed by atoms with van der Waals surface area (Å²) in [6, 6.07) is 2.43. The van der Waals surface area contributed by atoms with Crippen molar-refractivity contribution in [2.75, 3.05) is 11.6 Å². The Bertz CT molecular complexity index is 474. The van der Waals surface area contributed by atoms with Crippen LogP contribution < -0.4 is 0 Å². The van der Waals surface area contributed by atoms with Crippen LogP contribution in [0.1, 0.15) is 19.3 Å². The summed E-state index contributed by atoms with van der Waals surface area (Å²) in [4.78, 5) is -0.566. The van der Waals surface area contributed by atoms with Crippen molar-refractivity contribution in [2.24, 2.45) is 0 Å². The maximum absolute atomic E-state index is 13.3. The van der Waals surface area contributed by atoms with Crippen molar-refractivity contribution in [1.29, 1.82) is 0 Å². The molecule has 0 aromatic heterocycles. The Morgan fingerprint density at radius 2 is 1.82 bits per heavy atom. The molecule has 0 heterocycles. The first kappa shape index (κ1) is 14.4. The van der Waals surface area contributed by atoms with Gasteiger partial charge in [-0.25, -0.2) is 17.2 Å². The largest absolute Gasteiger partial charge is 0.224 e. The molecule has 0 aliphatic heterocycles. The quantitative estimate of drug-likeness (QED) is 0.593. The highest BCUT2D eigenvalue weighted by Gasteiger charge is 2.19. The average Bonchev–Trinajstić information content (AvgIpc) is 2.28. The first-order chi connectivity index (χ1) is 7.97. The molecule has 0 spiro atoms. The number of hydrogen-bond donors (Lipinski definition) is 0. The molecule has 0 bridgehead atoms. The third kappa shape index (κ3) is 4.24. The van der Waals surface area contributed by atoms with E-state index in [0.717, 1.165) is 12.1 Å². The molecule has 1 aromatic carbocycles. The van der Waals surface area contributed by atoms with E-state index in [1.807, 2.05) is 0 Å². The third-order valence-corrected chi connectivity index (χ3v) is 4.35. The van der Waals surface area contributed by atoms with Crippen molar-refractivity contribution in [3.8, 4) is 0 Å². The van der Waals surface area contributed by atoms with Gasteiger partial charge in [0.1, 0.15) is 16.5 Å². The zero-order chi connectivity index (χ0) is 12.9. The molecule has 0 N–H and O–H groups in total. The Hall–Kier alpha value is -0.680. The van der Waals surface area contributed by atoms with E-state index in [0.29, 0.717) is 31.2 Å². The summed E-state index contributed by atoms with van der Waals surface area (Å²) in [5.41, 5.74) is 0. The van der Waals surface area contributed by atoms with Crippen molar-refractivity contribution >= 4 is 21.4 Å². The van der Waals surface area contributed by atoms with Gasteiger partial charge in [0.25, 0.3) is 0 Å². The number of sulfone groups is 1. The predicted octanol–water partition coefficient (Wildman–Crippen LogP) is 3.15. The molecule has 0 radical (unpaired) electrons. The Balaban J connectivity index is 2.79. The molecule has 0 aliphatic rings. The fourth-order valence-electron chi connectivity index (χ4n) is 1.39. The van der Waals surface area contributed by atoms with E-state index < -0.39 is 26.4 Å². The number of rotatable bonds is 6. The minimum atomic E-state index is -3.75. The lowest BCUT2D eigenvalue weighted by Gasteiger charge is -2.05. The maximum atomic E-state index is 13.3. The molecule has 96 valence electrons. The number of benzene rings is 1. The molecular formula is C11H13ClF2O2S. The van der Waals surface area contributed by atoms with Crippen LogP contribution in [0.5, 0.6) is 0 Å². The summed E-state index contributed by atoms with van der Waals surface area (Å²) in [7, 11) is -3.75. The van der Waals surface area contributed by atoms with Gasteiger partial charge in [-0.2, -0.15) is 0 Å². The third-order valence-electron chi connectivity index (χ3n) is 2.28. The van der Waals surface area contributed by atoms with Crippen LogP contribution in [0.2, 0.25) is 0 Å². The van der Waals surface area contributed by atoms with Gasteiger partial charge in [-0.3, -0.25) is 0 Å². The summed E-state index contributed by atoms with van der Waals surface area (Å²) in [5.74, 6) is -1.40. The van der Waals surface area contributed by atoms with Gasteiger partial charge < -0.3 is 0 Å². The number of hydrogen-bond acceptors (Lipinski definition) is 2. The van der Waals surface area contributed by atoms with Gasteiger partial charge in [0.05, 0.1) is 5.75 Å². The summed E-state index contributed by atoms with van der Waals surface area (Å²) in [5, 5.41) is 0. The Labute approximate surface area is 105 Å². The SMILES string of the molecule is O=S(=O)(CCCCCCl)c1cc(F)ccc1F. The maximum Gasteiger partial charge on any atom is 0.181 e. The molecule has 0 saturated carbocycles. The van der Waals surface area contributed by atoms with Gasteiger partial charge >= 0.3 is 0 Å². The smallest absolute Gasteiger partial charge is 0.181 e. The van der Waals surface area contributed by atoms with E-state index >= 15 is 0 Å². The van der Waals surface area contributed by atoms with Gasteiger partial charge in [0, 0.05) is 5.88 Å². The van der Waals surface area contributed by atoms with E-state index in [1.165, 1.54) is 0 Å². The van der Waals surface area contributed by atoms with Crippen LogP contribution in [0.25, 0.3) is 0 Å². The van der Waals surface area contributed by atoms with Gasteiger partial charge in [0.2, 0.25) is 0 Å². The summed E-state index contributed by atoms with van der Waals surface area (Å²) in [6.45, 7) is 0. The Kier molecular flexibility index (Phi) is 5.33. The average molecular weight is 283 g/mol. The molecule has 1 aromatic rings. The summed E-state index contributed by atoms with van der Waals surface area (Å²) in [6.07, 6.45) is 1.76. The van der Waals surface area contributed by atoms with Crippen LogP contribution in [-0.4, -0.2) is 20.1 Å². The highest BCUT2D eigenvalue weighted by atomic mass is 35.5. The number of alkyl halides is 1. The standard InChI is InChI=1S/C11H13ClF2O2S/c12-6-2-1-3-7-17(15,16)11-8-9(13)4-5-10(11)14/h4-5,8H,1-3,6-7H2. The van der Waals surface area contributed by atoms with Crippen LogP contribution in [0.4, 0.5) is 8.78 Å². The molecule has 0 fully saturated rings. The van der Waals surface area contributed by atoms with Crippen molar-refractivity contribution in [2.45, 2.75) is 24.2 Å². The van der Waals surface area contributed by atoms with Crippen LogP contribution in [0, 0.1) is 11.6 Å². The minimum Gasteiger partial charge on any atom is -0.224 e. The fourth-order valence-corrected chi connectivity index (χ4v) is 3.04. The highest BCUT2D eigenvalue weighted by Crippen LogP contribution is 2.18. The lowest BCUT2D eigenvalue weighted by Crippen LogP contribution is -2.09. The van der Waals surface area contributed by atoms with Crippen LogP contribution in [-0.2, 0) is 9.84 Å². The van der Waals surface area contributed by atoms with Crippen LogP contribution >= 0.6 is 11.6 Å². The first-order valence-electron chi connectivity index (χ1n) is 5.21. The van der Waals surface area contributed by atoms with Crippen LogP contribution in [0.3, 0.4) is 0 Å². The zero-order valence-corrected chi connectivity index (χ0v) is 10.7. The monoisotopic (exact) mass is 282 g/mol. The van der Waals surface area contributed by atoms with Crippen molar-refractivity contribution in [3.63, 3.8) is 0 Å². The molecule has 17 heavy (non-hydrogen) atoms. The molecule has 0 saturated heterocycles. The normalized spacial score (nSPS) is 11.7. The van der Waals surface area contributed by atoms with E-state index in [4.69, 9.17) is 11.6 Å². The first-order valence-corrected chi connectivity index (χ1v) is 7.40. The molecule has 0 atom stereocenters. The molecule has 2 nitrogen and oxygen atoms in total. The Morgan fingerprint density at radius 1 is 1.12 bits per heavy atom. The summed E-state index contributed by atoms with van der Waals surface area (Å²) >= 11 is 5.46. The molecular weight excluding hydrogens is 270 g/mol. The second kappa shape index (κ2) is 6.31. The number of unbranched alkanes of at least 4 members (excludes halogenated alkanes) is 2. The van der Waals surface area contributed by atoms with Crippen molar-refractivity contribution in [1.82, 2.24) is 0 Å². The second-order valence-corrected chi connectivity index (χ2v) is 6.10. The van der Waals surface area contributed by atoms with Gasteiger partial charge in [-0.05, 0) is 31.0 Å². The topological polar surface area (TPSA) is 34.1 Å². The fraction of sp³-hybridized carbons (Fsp3) is 0.455. The second-order valence-electron chi connectivity index (χ2n) is 3.64. The van der Waals surface area contributed by atoms with Gasteiger partial charge in [0.15, 0.2) is 9.84 Å². The predicted molar refractivity (Wildman–Crippen MR) is 63.0 cm³/mol. The number of halogens is 3. The van der Waals surface area contributed by atoms with Crippen LogP contribution in [0.15, 0.2) is 23.1 Å². The van der Waals surface area contributed by atoms with Crippen molar-refractivity contribution < 1.29 is 17.2 Å². The van der Waals surface area contributed by atoms with Crippen molar-refractivity contribution in [3.05, 3.63) is 29.8 Å². The molecule has 6 heteroatoms. The lowest BCUT2D eigenvalue weighted by molar-refractivity contribution is 0.551. The zero-order valence-electron chi connectivity index (χ0n) is 9.13. The minimum absolute atomic E-state index is 0.190. The van der Waals surface area contributed by atoms with Gasteiger partial charge in [-0.15, -0.1) is 11.6 Å². The molecule has 0 aliphatic carbocycles. The summed E-state index contributed by atoms with van der Waals surface area (Å²) < 4.78 is 49.6. The molecule has 0 amide bonds. The van der Waals surface area contributed by atoms with E-state index in [2.05, 4.69) is 0 Å². The van der Waals surface area contributed by atoms with E-state index in [1.54, 1.807) is 0 Å². The Morgan fingerprint density at radius 3 is 2.47 bits per heavy atom. The molecule has 1 rings (SSSR count). The molecule has 0 unspecified atom stereocenters.